The third-order valence-electron chi connectivity index (χ3n) is 5.86. The molecule has 0 spiro atoms. The highest BCUT2D eigenvalue weighted by atomic mass is 16.5. The first-order valence-electron chi connectivity index (χ1n) is 10.5. The number of carbonyl (C=O) groups excluding carboxylic acids is 2. The van der Waals surface area contributed by atoms with Crippen LogP contribution in [0.1, 0.15) is 28.9 Å². The molecule has 0 aliphatic carbocycles. The molecule has 1 aromatic heterocycles. The third-order valence-corrected chi connectivity index (χ3v) is 5.86. The summed E-state index contributed by atoms with van der Waals surface area (Å²) in [5, 5.41) is 0.903. The van der Waals surface area contributed by atoms with Gasteiger partial charge in [-0.3, -0.25) is 14.7 Å². The minimum Gasteiger partial charge on any atom is -0.465 e. The summed E-state index contributed by atoms with van der Waals surface area (Å²) in [4.78, 5) is 34.3. The Balaban J connectivity index is 1.89. The molecular weight excluding hydrogens is 390 g/mol. The normalized spacial score (nSPS) is 16.4. The van der Waals surface area contributed by atoms with E-state index in [0.29, 0.717) is 17.8 Å². The molecule has 1 amide bonds. The summed E-state index contributed by atoms with van der Waals surface area (Å²) >= 11 is 0. The molecule has 0 bridgehead atoms. The Hall–Kier alpha value is -3.25. The Kier molecular flexibility index (Phi) is 6.00. The molecule has 6 heteroatoms. The molecule has 0 N–H and O–H groups in total. The number of nitrogens with zero attached hydrogens (tertiary/aromatic N) is 3. The lowest BCUT2D eigenvalue weighted by molar-refractivity contribution is -0.133. The molecule has 0 unspecified atom stereocenters. The summed E-state index contributed by atoms with van der Waals surface area (Å²) in [5.74, 6) is -0.331. The van der Waals surface area contributed by atoms with Gasteiger partial charge in [-0.05, 0) is 31.0 Å². The predicted molar refractivity (Wildman–Crippen MR) is 121 cm³/mol. The van der Waals surface area contributed by atoms with Gasteiger partial charge in [0.25, 0.3) is 0 Å². The van der Waals surface area contributed by atoms with Crippen LogP contribution in [-0.2, 0) is 16.1 Å². The molecule has 3 aromatic rings. The number of rotatable bonds is 5. The number of para-hydroxylation sites is 1. The summed E-state index contributed by atoms with van der Waals surface area (Å²) in [6.45, 7) is 1.21. The van der Waals surface area contributed by atoms with Gasteiger partial charge in [0.1, 0.15) is 0 Å². The Morgan fingerprint density at radius 3 is 2.52 bits per heavy atom. The van der Waals surface area contributed by atoms with Crippen molar-refractivity contribution in [3.8, 4) is 11.1 Å². The molecule has 6 nitrogen and oxygen atoms in total. The van der Waals surface area contributed by atoms with Crippen LogP contribution in [0.3, 0.4) is 0 Å². The number of fused-ring (bicyclic) bond motifs is 1. The summed E-state index contributed by atoms with van der Waals surface area (Å²) in [5.41, 5.74) is 3.68. The fourth-order valence-corrected chi connectivity index (χ4v) is 4.39. The fourth-order valence-electron chi connectivity index (χ4n) is 4.39. The van der Waals surface area contributed by atoms with Crippen molar-refractivity contribution in [2.75, 3.05) is 27.7 Å². The lowest BCUT2D eigenvalue weighted by Gasteiger charge is -2.27. The van der Waals surface area contributed by atoms with E-state index in [2.05, 4.69) is 4.90 Å². The van der Waals surface area contributed by atoms with Crippen LogP contribution in [0.15, 0.2) is 54.6 Å². The van der Waals surface area contributed by atoms with E-state index in [0.717, 1.165) is 41.4 Å². The average Bonchev–Trinajstić information content (AvgIpc) is 3.25. The molecular formula is C25H27N3O3. The Morgan fingerprint density at radius 1 is 1.10 bits per heavy atom. The second kappa shape index (κ2) is 8.86. The van der Waals surface area contributed by atoms with Gasteiger partial charge >= 0.3 is 5.97 Å². The van der Waals surface area contributed by atoms with Gasteiger partial charge in [-0.25, -0.2) is 4.79 Å². The zero-order chi connectivity index (χ0) is 22.0. The first-order valence-corrected chi connectivity index (χ1v) is 10.5. The molecule has 1 aliphatic rings. The molecule has 1 atom stereocenters. The molecule has 1 aliphatic heterocycles. The third kappa shape index (κ3) is 4.03. The zero-order valence-corrected chi connectivity index (χ0v) is 18.2. The van der Waals surface area contributed by atoms with Crippen molar-refractivity contribution >= 4 is 22.8 Å². The van der Waals surface area contributed by atoms with Gasteiger partial charge in [-0.2, -0.15) is 0 Å². The summed E-state index contributed by atoms with van der Waals surface area (Å²) in [6.07, 6.45) is 1.75. The van der Waals surface area contributed by atoms with E-state index in [-0.39, 0.29) is 11.9 Å². The summed E-state index contributed by atoms with van der Waals surface area (Å²) in [6, 6.07) is 17.5. The Bertz CT molecular complexity index is 1110. The van der Waals surface area contributed by atoms with Crippen molar-refractivity contribution in [1.29, 1.82) is 0 Å². The largest absolute Gasteiger partial charge is 0.465 e. The van der Waals surface area contributed by atoms with Crippen LogP contribution in [0.2, 0.25) is 0 Å². The van der Waals surface area contributed by atoms with Gasteiger partial charge in [-0.1, -0.05) is 48.5 Å². The second-order valence-electron chi connectivity index (χ2n) is 8.04. The van der Waals surface area contributed by atoms with Crippen molar-refractivity contribution in [2.24, 2.45) is 0 Å². The number of likely N-dealkylation sites (tertiary alicyclic amines) is 1. The minimum atomic E-state index is -0.415. The average molecular weight is 418 g/mol. The fraction of sp³-hybridized carbons (Fsp3) is 0.320. The lowest BCUT2D eigenvalue weighted by Crippen LogP contribution is -2.42. The monoisotopic (exact) mass is 417 g/mol. The molecule has 2 aromatic carbocycles. The van der Waals surface area contributed by atoms with E-state index in [1.165, 1.54) is 7.11 Å². The van der Waals surface area contributed by atoms with E-state index in [9.17, 15) is 9.59 Å². The van der Waals surface area contributed by atoms with Crippen molar-refractivity contribution in [3.05, 3.63) is 65.9 Å². The van der Waals surface area contributed by atoms with E-state index in [1.807, 2.05) is 54.6 Å². The second-order valence-corrected chi connectivity index (χ2v) is 8.04. The smallest absolute Gasteiger partial charge is 0.340 e. The standard InChI is InChI=1S/C25H27N3O3/c1-27(2)24(29)21-14-9-15-28(21)16-20-23(25(30)31-3)22(17-10-5-4-6-11-17)18-12-7-8-13-19(18)26-20/h4-8,10-13,21H,9,14-16H2,1-3H3/t21-/m1/s1. The van der Waals surface area contributed by atoms with Crippen molar-refractivity contribution in [3.63, 3.8) is 0 Å². The number of methoxy groups -OCH3 is 1. The number of ether oxygens (including phenoxy) is 1. The summed E-state index contributed by atoms with van der Waals surface area (Å²) < 4.78 is 5.19. The van der Waals surface area contributed by atoms with Crippen LogP contribution in [0, 0.1) is 0 Å². The first-order chi connectivity index (χ1) is 15.0. The highest BCUT2D eigenvalue weighted by molar-refractivity contribution is 6.07. The van der Waals surface area contributed by atoms with E-state index >= 15 is 0 Å². The van der Waals surface area contributed by atoms with Gasteiger partial charge in [0.15, 0.2) is 0 Å². The molecule has 160 valence electrons. The van der Waals surface area contributed by atoms with Crippen LogP contribution in [0.25, 0.3) is 22.0 Å². The molecule has 1 saturated heterocycles. The highest BCUT2D eigenvalue weighted by Gasteiger charge is 2.33. The van der Waals surface area contributed by atoms with Crippen LogP contribution < -0.4 is 0 Å². The highest BCUT2D eigenvalue weighted by Crippen LogP contribution is 2.35. The van der Waals surface area contributed by atoms with Crippen molar-refractivity contribution in [1.82, 2.24) is 14.8 Å². The number of hydrogen-bond acceptors (Lipinski definition) is 5. The molecule has 2 heterocycles. The number of amides is 1. The number of esters is 1. The van der Waals surface area contributed by atoms with Crippen molar-refractivity contribution in [2.45, 2.75) is 25.4 Å². The number of likely N-dealkylation sites (N-methyl/N-ethyl adjacent to an activating group) is 1. The maximum atomic E-state index is 13.0. The number of hydrogen-bond donors (Lipinski definition) is 0. The maximum Gasteiger partial charge on any atom is 0.340 e. The molecule has 0 radical (unpaired) electrons. The van der Waals surface area contributed by atoms with E-state index in [1.54, 1.807) is 19.0 Å². The van der Waals surface area contributed by atoms with Gasteiger partial charge < -0.3 is 9.64 Å². The molecule has 4 rings (SSSR count). The number of benzene rings is 2. The van der Waals surface area contributed by atoms with Gasteiger partial charge in [-0.15, -0.1) is 0 Å². The zero-order valence-electron chi connectivity index (χ0n) is 18.2. The SMILES string of the molecule is COC(=O)c1c(CN2CCC[C@@H]2C(=O)N(C)C)nc2ccccc2c1-c1ccccc1. The Labute approximate surface area is 182 Å². The van der Waals surface area contributed by atoms with Gasteiger partial charge in [0.2, 0.25) is 5.91 Å². The molecule has 31 heavy (non-hydrogen) atoms. The van der Waals surface area contributed by atoms with E-state index in [4.69, 9.17) is 9.72 Å². The van der Waals surface area contributed by atoms with Crippen LogP contribution >= 0.6 is 0 Å². The topological polar surface area (TPSA) is 62.7 Å². The molecule has 0 saturated carbocycles. The van der Waals surface area contributed by atoms with Crippen molar-refractivity contribution < 1.29 is 14.3 Å². The molecule has 1 fully saturated rings. The minimum absolute atomic E-state index is 0.0844. The van der Waals surface area contributed by atoms with E-state index < -0.39 is 5.97 Å². The number of aromatic nitrogens is 1. The van der Waals surface area contributed by atoms with Crippen LogP contribution in [0.4, 0.5) is 0 Å². The van der Waals surface area contributed by atoms with Gasteiger partial charge in [0.05, 0.1) is 29.9 Å². The number of carbonyl (C=O) groups is 2. The predicted octanol–water partition coefficient (Wildman–Crippen LogP) is 3.74. The number of pyridine rings is 1. The first kappa shape index (κ1) is 21.0. The maximum absolute atomic E-state index is 13.0. The lowest BCUT2D eigenvalue weighted by atomic mass is 9.93. The summed E-state index contributed by atoms with van der Waals surface area (Å²) in [7, 11) is 4.95. The quantitative estimate of drug-likeness (QED) is 0.592. The van der Waals surface area contributed by atoms with Crippen LogP contribution in [-0.4, -0.2) is 60.5 Å². The van der Waals surface area contributed by atoms with Gasteiger partial charge in [0, 0.05) is 31.6 Å². The van der Waals surface area contributed by atoms with Crippen LogP contribution in [0.5, 0.6) is 0 Å². The Morgan fingerprint density at radius 2 is 1.81 bits per heavy atom.